The molecule has 1 aromatic carbocycles. The van der Waals surface area contributed by atoms with E-state index in [1.807, 2.05) is 19.3 Å². The third-order valence-corrected chi connectivity index (χ3v) is 3.93. The van der Waals surface area contributed by atoms with Gasteiger partial charge < -0.3 is 0 Å². The zero-order valence-corrected chi connectivity index (χ0v) is 11.0. The van der Waals surface area contributed by atoms with Gasteiger partial charge in [0.1, 0.15) is 0 Å². The number of aromatic nitrogens is 3. The minimum Gasteiger partial charge on any atom is -0.255 e. The molecule has 0 saturated heterocycles. The molecule has 0 radical (unpaired) electrons. The molecule has 3 rings (SSSR count). The summed E-state index contributed by atoms with van der Waals surface area (Å²) < 4.78 is 1.69. The molecule has 4 nitrogen and oxygen atoms in total. The highest BCUT2D eigenvalue weighted by Gasteiger charge is 2.37. The van der Waals surface area contributed by atoms with Crippen molar-refractivity contribution < 1.29 is 0 Å². The second-order valence-corrected chi connectivity index (χ2v) is 5.26. The molecule has 0 bridgehead atoms. The van der Waals surface area contributed by atoms with Gasteiger partial charge >= 0.3 is 0 Å². The molecular weight excluding hydrogens is 236 g/mol. The molecule has 0 fully saturated rings. The molecular formula is C15H16N4. The molecule has 0 aliphatic heterocycles. The number of aryl methyl sites for hydroxylation is 2. The predicted molar refractivity (Wildman–Crippen MR) is 71.4 cm³/mol. The third-order valence-electron chi connectivity index (χ3n) is 3.93. The minimum atomic E-state index is -0.440. The number of hydrogen-bond donors (Lipinski definition) is 0. The molecule has 19 heavy (non-hydrogen) atoms. The molecule has 1 unspecified atom stereocenters. The lowest BCUT2D eigenvalue weighted by Gasteiger charge is -2.32. The van der Waals surface area contributed by atoms with Crippen molar-refractivity contribution in [3.63, 3.8) is 0 Å². The first-order chi connectivity index (χ1) is 9.23. The molecule has 1 aromatic heterocycles. The van der Waals surface area contributed by atoms with Crippen LogP contribution in [0.3, 0.4) is 0 Å². The number of hydrogen-bond acceptors (Lipinski definition) is 3. The van der Waals surface area contributed by atoms with E-state index in [9.17, 15) is 5.26 Å². The van der Waals surface area contributed by atoms with Gasteiger partial charge in [-0.25, -0.2) is 0 Å². The number of fused-ring (bicyclic) bond motifs is 1. The van der Waals surface area contributed by atoms with E-state index in [1.54, 1.807) is 4.68 Å². The predicted octanol–water partition coefficient (Wildman–Crippen LogP) is 2.16. The Labute approximate surface area is 112 Å². The van der Waals surface area contributed by atoms with Crippen LogP contribution in [0.1, 0.15) is 29.7 Å². The summed E-state index contributed by atoms with van der Waals surface area (Å²) in [6.45, 7) is 0. The van der Waals surface area contributed by atoms with Crippen LogP contribution in [0, 0.1) is 11.3 Å². The SMILES string of the molecule is Cn1cc(CC2(C#N)CCCc3ccccc32)nn1. The summed E-state index contributed by atoms with van der Waals surface area (Å²) in [4.78, 5) is 0. The summed E-state index contributed by atoms with van der Waals surface area (Å²) in [7, 11) is 1.85. The van der Waals surface area contributed by atoms with Gasteiger partial charge in [0.2, 0.25) is 0 Å². The molecule has 1 heterocycles. The molecule has 0 N–H and O–H groups in total. The lowest BCUT2D eigenvalue weighted by molar-refractivity contribution is 0.446. The summed E-state index contributed by atoms with van der Waals surface area (Å²) >= 11 is 0. The van der Waals surface area contributed by atoms with Gasteiger partial charge in [-0.2, -0.15) is 5.26 Å². The topological polar surface area (TPSA) is 54.5 Å². The Morgan fingerprint density at radius 2 is 2.26 bits per heavy atom. The zero-order valence-electron chi connectivity index (χ0n) is 11.0. The van der Waals surface area contributed by atoms with E-state index in [0.717, 1.165) is 25.0 Å². The van der Waals surface area contributed by atoms with Crippen LogP contribution in [0.15, 0.2) is 30.5 Å². The van der Waals surface area contributed by atoms with E-state index < -0.39 is 5.41 Å². The Bertz CT molecular complexity index is 638. The third kappa shape index (κ3) is 2.01. The summed E-state index contributed by atoms with van der Waals surface area (Å²) in [5.74, 6) is 0. The van der Waals surface area contributed by atoms with Gasteiger partial charge in [0, 0.05) is 19.7 Å². The van der Waals surface area contributed by atoms with Gasteiger partial charge in [-0.1, -0.05) is 29.5 Å². The van der Waals surface area contributed by atoms with Crippen molar-refractivity contribution >= 4 is 0 Å². The smallest absolute Gasteiger partial charge is 0.0881 e. The highest BCUT2D eigenvalue weighted by Crippen LogP contribution is 2.39. The van der Waals surface area contributed by atoms with Crippen LogP contribution in [-0.4, -0.2) is 15.0 Å². The van der Waals surface area contributed by atoms with Crippen molar-refractivity contribution in [1.29, 1.82) is 5.26 Å². The van der Waals surface area contributed by atoms with Gasteiger partial charge in [-0.05, 0) is 30.4 Å². The normalized spacial score (nSPS) is 21.7. The first-order valence-corrected chi connectivity index (χ1v) is 6.58. The van der Waals surface area contributed by atoms with E-state index in [0.29, 0.717) is 6.42 Å². The molecule has 0 spiro atoms. The second-order valence-electron chi connectivity index (χ2n) is 5.26. The molecule has 2 aromatic rings. The van der Waals surface area contributed by atoms with E-state index in [-0.39, 0.29) is 0 Å². The Morgan fingerprint density at radius 1 is 1.42 bits per heavy atom. The molecule has 0 saturated carbocycles. The van der Waals surface area contributed by atoms with Gasteiger partial charge in [-0.15, -0.1) is 5.10 Å². The Balaban J connectivity index is 2.03. The first kappa shape index (κ1) is 11.9. The number of benzene rings is 1. The van der Waals surface area contributed by atoms with Crippen molar-refractivity contribution in [3.05, 3.63) is 47.3 Å². The fourth-order valence-corrected chi connectivity index (χ4v) is 3.05. The van der Waals surface area contributed by atoms with Crippen molar-refractivity contribution in [2.45, 2.75) is 31.1 Å². The molecule has 1 aliphatic carbocycles. The maximum atomic E-state index is 9.75. The Hall–Kier alpha value is -2.15. The van der Waals surface area contributed by atoms with E-state index >= 15 is 0 Å². The minimum absolute atomic E-state index is 0.440. The quantitative estimate of drug-likeness (QED) is 0.823. The van der Waals surface area contributed by atoms with Crippen molar-refractivity contribution in [1.82, 2.24) is 15.0 Å². The first-order valence-electron chi connectivity index (χ1n) is 6.58. The lowest BCUT2D eigenvalue weighted by Crippen LogP contribution is -2.32. The standard InChI is InChI=1S/C15H16N4/c1-19-10-13(17-18-19)9-15(11-16)8-4-6-12-5-2-3-7-14(12)15/h2-3,5,7,10H,4,6,8-9H2,1H3. The fourth-order valence-electron chi connectivity index (χ4n) is 3.05. The van der Waals surface area contributed by atoms with Crippen LogP contribution in [-0.2, 0) is 25.3 Å². The summed E-state index contributed by atoms with van der Waals surface area (Å²) in [5, 5.41) is 17.8. The average molecular weight is 252 g/mol. The van der Waals surface area contributed by atoms with E-state index in [4.69, 9.17) is 0 Å². The Kier molecular flexibility index (Phi) is 2.83. The van der Waals surface area contributed by atoms with Crippen LogP contribution in [0.4, 0.5) is 0 Å². The second kappa shape index (κ2) is 4.51. The van der Waals surface area contributed by atoms with Gasteiger partial charge in [-0.3, -0.25) is 4.68 Å². The van der Waals surface area contributed by atoms with Crippen molar-refractivity contribution in [2.24, 2.45) is 7.05 Å². The van der Waals surface area contributed by atoms with Crippen LogP contribution < -0.4 is 0 Å². The molecule has 1 atom stereocenters. The summed E-state index contributed by atoms with van der Waals surface area (Å²) in [6.07, 6.45) is 5.58. The van der Waals surface area contributed by atoms with E-state index in [1.165, 1.54) is 11.1 Å². The van der Waals surface area contributed by atoms with Crippen LogP contribution >= 0.6 is 0 Å². The van der Waals surface area contributed by atoms with Crippen LogP contribution in [0.25, 0.3) is 0 Å². The Morgan fingerprint density at radius 3 is 3.00 bits per heavy atom. The van der Waals surface area contributed by atoms with Crippen LogP contribution in [0.2, 0.25) is 0 Å². The highest BCUT2D eigenvalue weighted by atomic mass is 15.4. The zero-order chi connectivity index (χ0) is 13.3. The van der Waals surface area contributed by atoms with Crippen molar-refractivity contribution in [2.75, 3.05) is 0 Å². The average Bonchev–Trinajstić information content (AvgIpc) is 2.84. The summed E-state index contributed by atoms with van der Waals surface area (Å²) in [6, 6.07) is 10.9. The van der Waals surface area contributed by atoms with Gasteiger partial charge in [0.05, 0.1) is 17.2 Å². The molecule has 96 valence electrons. The largest absolute Gasteiger partial charge is 0.255 e. The van der Waals surface area contributed by atoms with Gasteiger partial charge in [0.25, 0.3) is 0 Å². The summed E-state index contributed by atoms with van der Waals surface area (Å²) in [5.41, 5.74) is 2.93. The number of nitriles is 1. The highest BCUT2D eigenvalue weighted by molar-refractivity contribution is 5.42. The fraction of sp³-hybridized carbons (Fsp3) is 0.400. The maximum Gasteiger partial charge on any atom is 0.0881 e. The monoisotopic (exact) mass is 252 g/mol. The number of rotatable bonds is 2. The molecule has 1 aliphatic rings. The lowest BCUT2D eigenvalue weighted by atomic mass is 9.68. The number of nitrogens with zero attached hydrogens (tertiary/aromatic N) is 4. The van der Waals surface area contributed by atoms with Crippen LogP contribution in [0.5, 0.6) is 0 Å². The molecule has 0 amide bonds. The van der Waals surface area contributed by atoms with Gasteiger partial charge in [0.15, 0.2) is 0 Å². The maximum absolute atomic E-state index is 9.75. The van der Waals surface area contributed by atoms with Crippen molar-refractivity contribution in [3.8, 4) is 6.07 Å². The van der Waals surface area contributed by atoms with E-state index in [2.05, 4.69) is 34.6 Å². The molecule has 4 heteroatoms.